The lowest BCUT2D eigenvalue weighted by Gasteiger charge is -2.03. The quantitative estimate of drug-likeness (QED) is 0.733. The number of hydrogen-bond acceptors (Lipinski definition) is 3. The number of unbranched alkanes of at least 4 members (excludes halogenated alkanes) is 3. The van der Waals surface area contributed by atoms with Crippen LogP contribution in [0.4, 0.5) is 5.82 Å². The number of nitrogens with one attached hydrogen (secondary N) is 1. The smallest absolute Gasteiger partial charge is 0.225 e. The van der Waals surface area contributed by atoms with Crippen LogP contribution < -0.4 is 11.1 Å². The second kappa shape index (κ2) is 8.21. The van der Waals surface area contributed by atoms with E-state index < -0.39 is 0 Å². The van der Waals surface area contributed by atoms with Crippen molar-refractivity contribution in [3.8, 4) is 5.69 Å². The first-order chi connectivity index (χ1) is 10.3. The first-order valence-electron chi connectivity index (χ1n) is 7.40. The molecule has 0 saturated heterocycles. The maximum absolute atomic E-state index is 11.8. The van der Waals surface area contributed by atoms with E-state index in [1.165, 1.54) is 0 Å². The Hall–Kier alpha value is -2.14. The molecule has 0 radical (unpaired) electrons. The molecule has 0 aliphatic rings. The molecule has 0 bridgehead atoms. The number of para-hydroxylation sites is 1. The highest BCUT2D eigenvalue weighted by atomic mass is 16.1. The lowest BCUT2D eigenvalue weighted by molar-refractivity contribution is -0.116. The van der Waals surface area contributed by atoms with Crippen LogP contribution >= 0.6 is 0 Å². The van der Waals surface area contributed by atoms with E-state index >= 15 is 0 Å². The third-order valence-electron chi connectivity index (χ3n) is 3.24. The number of carbonyl (C=O) groups excluding carboxylic acids is 1. The van der Waals surface area contributed by atoms with Gasteiger partial charge in [-0.05, 0) is 31.5 Å². The minimum absolute atomic E-state index is 0.0149. The van der Waals surface area contributed by atoms with Crippen molar-refractivity contribution in [1.29, 1.82) is 0 Å². The Kier molecular flexibility index (Phi) is 5.97. The maximum atomic E-state index is 11.8. The summed E-state index contributed by atoms with van der Waals surface area (Å²) in [6.45, 7) is 0.725. The van der Waals surface area contributed by atoms with Crippen molar-refractivity contribution in [3.63, 3.8) is 0 Å². The van der Waals surface area contributed by atoms with Crippen LogP contribution in [0.5, 0.6) is 0 Å². The summed E-state index contributed by atoms with van der Waals surface area (Å²) in [6.07, 6.45) is 6.43. The molecule has 5 nitrogen and oxygen atoms in total. The highest BCUT2D eigenvalue weighted by molar-refractivity contribution is 5.89. The zero-order valence-electron chi connectivity index (χ0n) is 12.2. The highest BCUT2D eigenvalue weighted by Gasteiger charge is 2.05. The number of rotatable bonds is 8. The summed E-state index contributed by atoms with van der Waals surface area (Å²) in [6, 6.07) is 11.6. The molecule has 0 saturated carbocycles. The second-order valence-electron chi connectivity index (χ2n) is 4.98. The van der Waals surface area contributed by atoms with Gasteiger partial charge in [-0.25, -0.2) is 4.68 Å². The summed E-state index contributed by atoms with van der Waals surface area (Å²) in [5.74, 6) is 0.604. The molecule has 0 aliphatic carbocycles. The van der Waals surface area contributed by atoms with E-state index in [1.807, 2.05) is 36.5 Å². The van der Waals surface area contributed by atoms with Gasteiger partial charge < -0.3 is 11.1 Å². The Morgan fingerprint density at radius 3 is 2.62 bits per heavy atom. The van der Waals surface area contributed by atoms with Gasteiger partial charge in [0, 0.05) is 18.7 Å². The van der Waals surface area contributed by atoms with Gasteiger partial charge in [0.25, 0.3) is 0 Å². The predicted molar refractivity (Wildman–Crippen MR) is 84.3 cm³/mol. The number of anilines is 1. The predicted octanol–water partition coefficient (Wildman–Crippen LogP) is 2.72. The standard InChI is InChI=1S/C16H22N4O/c17-12-7-2-1-6-10-16(21)18-15-11-13-20(19-15)14-8-4-3-5-9-14/h3-5,8-9,11,13H,1-2,6-7,10,12,17H2,(H,18,19,21). The van der Waals surface area contributed by atoms with Gasteiger partial charge in [-0.2, -0.15) is 5.10 Å². The topological polar surface area (TPSA) is 72.9 Å². The number of nitrogens with two attached hydrogens (primary N) is 1. The Balaban J connectivity index is 1.78. The lowest BCUT2D eigenvalue weighted by atomic mass is 10.1. The molecule has 112 valence electrons. The molecule has 1 aromatic carbocycles. The van der Waals surface area contributed by atoms with E-state index in [0.717, 1.165) is 37.9 Å². The summed E-state index contributed by atoms with van der Waals surface area (Å²) in [5, 5.41) is 7.17. The van der Waals surface area contributed by atoms with Crippen molar-refractivity contribution in [2.24, 2.45) is 5.73 Å². The molecule has 3 N–H and O–H groups in total. The van der Waals surface area contributed by atoms with Gasteiger partial charge in [-0.15, -0.1) is 0 Å². The fourth-order valence-electron chi connectivity index (χ4n) is 2.10. The number of carbonyl (C=O) groups is 1. The highest BCUT2D eigenvalue weighted by Crippen LogP contribution is 2.10. The average Bonchev–Trinajstić information content (AvgIpc) is 2.96. The zero-order chi connectivity index (χ0) is 14.9. The monoisotopic (exact) mass is 286 g/mol. The van der Waals surface area contributed by atoms with Crippen molar-refractivity contribution in [3.05, 3.63) is 42.6 Å². The molecule has 1 aromatic heterocycles. The zero-order valence-corrected chi connectivity index (χ0v) is 12.2. The normalized spacial score (nSPS) is 10.5. The van der Waals surface area contributed by atoms with Crippen molar-refractivity contribution in [1.82, 2.24) is 9.78 Å². The SMILES string of the molecule is NCCCCCCC(=O)Nc1ccn(-c2ccccc2)n1. The summed E-state index contributed by atoms with van der Waals surface area (Å²) in [7, 11) is 0. The molecule has 1 heterocycles. The van der Waals surface area contributed by atoms with E-state index in [1.54, 1.807) is 10.7 Å². The molecule has 1 amide bonds. The van der Waals surface area contributed by atoms with Gasteiger partial charge >= 0.3 is 0 Å². The van der Waals surface area contributed by atoms with E-state index in [4.69, 9.17) is 5.73 Å². The lowest BCUT2D eigenvalue weighted by Crippen LogP contribution is -2.12. The van der Waals surface area contributed by atoms with Crippen LogP contribution in [-0.2, 0) is 4.79 Å². The molecule has 2 aromatic rings. The van der Waals surface area contributed by atoms with Crippen LogP contribution in [0.25, 0.3) is 5.69 Å². The molecule has 0 aliphatic heterocycles. The molecule has 2 rings (SSSR count). The summed E-state index contributed by atoms with van der Waals surface area (Å²) < 4.78 is 1.75. The van der Waals surface area contributed by atoms with Crippen LogP contribution in [0.15, 0.2) is 42.6 Å². The fourth-order valence-corrected chi connectivity index (χ4v) is 2.10. The van der Waals surface area contributed by atoms with Crippen molar-refractivity contribution in [2.75, 3.05) is 11.9 Å². The van der Waals surface area contributed by atoms with E-state index in [-0.39, 0.29) is 5.91 Å². The van der Waals surface area contributed by atoms with Gasteiger partial charge in [0.2, 0.25) is 5.91 Å². The van der Waals surface area contributed by atoms with E-state index in [0.29, 0.717) is 12.2 Å². The van der Waals surface area contributed by atoms with Crippen molar-refractivity contribution in [2.45, 2.75) is 32.1 Å². The fraction of sp³-hybridized carbons (Fsp3) is 0.375. The minimum atomic E-state index is 0.0149. The van der Waals surface area contributed by atoms with Gasteiger partial charge in [0.05, 0.1) is 5.69 Å². The molecular formula is C16H22N4O. The molecule has 5 heteroatoms. The molecular weight excluding hydrogens is 264 g/mol. The summed E-state index contributed by atoms with van der Waals surface area (Å²) >= 11 is 0. The Labute approximate surface area is 125 Å². The summed E-state index contributed by atoms with van der Waals surface area (Å²) in [4.78, 5) is 11.8. The number of hydrogen-bond donors (Lipinski definition) is 2. The van der Waals surface area contributed by atoms with Crippen LogP contribution in [0.3, 0.4) is 0 Å². The molecule has 0 spiro atoms. The van der Waals surface area contributed by atoms with E-state index in [2.05, 4.69) is 10.4 Å². The number of amides is 1. The minimum Gasteiger partial charge on any atom is -0.330 e. The molecule has 0 fully saturated rings. The van der Waals surface area contributed by atoms with Gasteiger partial charge in [0.1, 0.15) is 0 Å². The van der Waals surface area contributed by atoms with E-state index in [9.17, 15) is 4.79 Å². The first-order valence-corrected chi connectivity index (χ1v) is 7.40. The van der Waals surface area contributed by atoms with Crippen LogP contribution in [-0.4, -0.2) is 22.2 Å². The largest absolute Gasteiger partial charge is 0.330 e. The Morgan fingerprint density at radius 2 is 1.86 bits per heavy atom. The number of aromatic nitrogens is 2. The average molecular weight is 286 g/mol. The third kappa shape index (κ3) is 5.04. The van der Waals surface area contributed by atoms with Crippen LogP contribution in [0, 0.1) is 0 Å². The first kappa shape index (κ1) is 15.3. The number of nitrogens with zero attached hydrogens (tertiary/aromatic N) is 2. The Bertz CT molecular complexity index is 550. The third-order valence-corrected chi connectivity index (χ3v) is 3.24. The van der Waals surface area contributed by atoms with Gasteiger partial charge in [-0.3, -0.25) is 4.79 Å². The Morgan fingerprint density at radius 1 is 1.10 bits per heavy atom. The van der Waals surface area contributed by atoms with Crippen molar-refractivity contribution < 1.29 is 4.79 Å². The molecule has 0 unspecified atom stereocenters. The van der Waals surface area contributed by atoms with Crippen molar-refractivity contribution >= 4 is 11.7 Å². The van der Waals surface area contributed by atoms with Gasteiger partial charge in [-0.1, -0.05) is 31.0 Å². The second-order valence-corrected chi connectivity index (χ2v) is 4.98. The van der Waals surface area contributed by atoms with Crippen LogP contribution in [0.2, 0.25) is 0 Å². The molecule has 0 atom stereocenters. The number of benzene rings is 1. The van der Waals surface area contributed by atoms with Gasteiger partial charge in [0.15, 0.2) is 5.82 Å². The van der Waals surface area contributed by atoms with Crippen LogP contribution in [0.1, 0.15) is 32.1 Å². The summed E-state index contributed by atoms with van der Waals surface area (Å²) in [5.41, 5.74) is 6.41. The molecule has 21 heavy (non-hydrogen) atoms. The maximum Gasteiger partial charge on any atom is 0.225 e.